The van der Waals surface area contributed by atoms with E-state index in [-0.39, 0.29) is 11.9 Å². The molecule has 37 heavy (non-hydrogen) atoms. The van der Waals surface area contributed by atoms with Crippen molar-refractivity contribution in [3.8, 4) is 5.88 Å². The molecule has 12 nitrogen and oxygen atoms in total. The molecule has 0 bridgehead atoms. The van der Waals surface area contributed by atoms with E-state index in [4.69, 9.17) is 24.0 Å². The number of carbonyl (C=O) groups is 1. The highest BCUT2D eigenvalue weighted by atomic mass is 31.2. The van der Waals surface area contributed by atoms with Gasteiger partial charge in [-0.3, -0.25) is 4.79 Å². The normalized spacial score (nSPS) is 17.6. The number of aromatic nitrogens is 3. The summed E-state index contributed by atoms with van der Waals surface area (Å²) in [6.45, 7) is 4.01. The van der Waals surface area contributed by atoms with E-state index in [0.29, 0.717) is 50.5 Å². The molecule has 0 spiro atoms. The lowest BCUT2D eigenvalue weighted by molar-refractivity contribution is -0.139. The van der Waals surface area contributed by atoms with Gasteiger partial charge in [0.1, 0.15) is 17.7 Å². The van der Waals surface area contributed by atoms with Crippen molar-refractivity contribution in [2.45, 2.75) is 44.9 Å². The van der Waals surface area contributed by atoms with Crippen LogP contribution >= 0.6 is 7.82 Å². The van der Waals surface area contributed by atoms with E-state index in [1.165, 1.54) is 19.6 Å². The lowest BCUT2D eigenvalue weighted by Crippen LogP contribution is -2.34. The molecule has 2 aromatic rings. The maximum absolute atomic E-state index is 13.4. The average Bonchev–Trinajstić information content (AvgIpc) is 3.30. The van der Waals surface area contributed by atoms with Crippen molar-refractivity contribution in [3.05, 3.63) is 35.4 Å². The standard InChI is InChI=1S/C21H25F3N6O2.H3O4P/c1-3-18(31)30-6-4-13(10-30)28-19-15-11-29(7-5-17(15)26-12-27-19)14-8-16(21(22,23)24)20(32-2)25-9-14;1-5(2,3)4/h8-9,12-13H,3-7,10-11H2,1-2H3,(H,26,27,28);(H3,1,2,3,4). The Morgan fingerprint density at radius 2 is 1.95 bits per heavy atom. The van der Waals surface area contributed by atoms with Crippen molar-refractivity contribution in [1.82, 2.24) is 19.9 Å². The smallest absolute Gasteiger partial charge is 0.466 e. The first-order chi connectivity index (χ1) is 17.3. The lowest BCUT2D eigenvalue weighted by atomic mass is 10.0. The Kier molecular flexibility index (Phi) is 8.95. The topological polar surface area (TPSA) is 161 Å². The molecule has 204 valence electrons. The zero-order valence-corrected chi connectivity index (χ0v) is 21.0. The monoisotopic (exact) mass is 548 g/mol. The third kappa shape index (κ3) is 7.74. The molecule has 4 heterocycles. The highest BCUT2D eigenvalue weighted by Gasteiger charge is 2.36. The second kappa shape index (κ2) is 11.6. The fourth-order valence-electron chi connectivity index (χ4n) is 4.19. The number of halogens is 3. The van der Waals surface area contributed by atoms with Crippen molar-refractivity contribution >= 4 is 25.2 Å². The molecular formula is C21H28F3N6O6P. The van der Waals surface area contributed by atoms with E-state index in [0.717, 1.165) is 23.7 Å². The minimum atomic E-state index is -4.64. The molecule has 2 aliphatic rings. The first-order valence-corrected chi connectivity index (χ1v) is 12.9. The summed E-state index contributed by atoms with van der Waals surface area (Å²) >= 11 is 0. The number of hydrogen-bond donors (Lipinski definition) is 4. The van der Waals surface area contributed by atoms with Crippen LogP contribution in [0.25, 0.3) is 0 Å². The maximum atomic E-state index is 13.4. The molecular weight excluding hydrogens is 520 g/mol. The van der Waals surface area contributed by atoms with Gasteiger partial charge in [-0.05, 0) is 12.5 Å². The number of pyridine rings is 1. The van der Waals surface area contributed by atoms with Crippen LogP contribution in [0.5, 0.6) is 5.88 Å². The van der Waals surface area contributed by atoms with Crippen molar-refractivity contribution in [2.24, 2.45) is 0 Å². The molecule has 1 fully saturated rings. The van der Waals surface area contributed by atoms with Crippen molar-refractivity contribution in [3.63, 3.8) is 0 Å². The van der Waals surface area contributed by atoms with Gasteiger partial charge in [0, 0.05) is 50.6 Å². The highest BCUT2D eigenvalue weighted by molar-refractivity contribution is 7.45. The zero-order chi connectivity index (χ0) is 27.4. The van der Waals surface area contributed by atoms with Gasteiger partial charge in [0.2, 0.25) is 11.8 Å². The fraction of sp³-hybridized carbons (Fsp3) is 0.524. The minimum Gasteiger partial charge on any atom is -0.481 e. The molecule has 2 aromatic heterocycles. The summed E-state index contributed by atoms with van der Waals surface area (Å²) in [4.78, 5) is 49.8. The summed E-state index contributed by atoms with van der Waals surface area (Å²) in [6.07, 6.45) is 0.178. The second-order valence-electron chi connectivity index (χ2n) is 8.40. The Morgan fingerprint density at radius 3 is 2.57 bits per heavy atom. The van der Waals surface area contributed by atoms with Crippen LogP contribution in [0.2, 0.25) is 0 Å². The van der Waals surface area contributed by atoms with Crippen molar-refractivity contribution in [1.29, 1.82) is 0 Å². The number of alkyl halides is 3. The van der Waals surface area contributed by atoms with E-state index in [1.54, 1.807) is 0 Å². The summed E-state index contributed by atoms with van der Waals surface area (Å²) in [5.74, 6) is 0.336. The van der Waals surface area contributed by atoms with Gasteiger partial charge >= 0.3 is 14.0 Å². The van der Waals surface area contributed by atoms with Gasteiger partial charge in [-0.1, -0.05) is 6.92 Å². The number of fused-ring (bicyclic) bond motifs is 1. The van der Waals surface area contributed by atoms with Crippen LogP contribution in [0.3, 0.4) is 0 Å². The molecule has 16 heteroatoms. The van der Waals surface area contributed by atoms with Crippen LogP contribution in [0.4, 0.5) is 24.7 Å². The summed E-state index contributed by atoms with van der Waals surface area (Å²) < 4.78 is 54.0. The van der Waals surface area contributed by atoms with E-state index in [2.05, 4.69) is 20.3 Å². The van der Waals surface area contributed by atoms with Gasteiger partial charge in [0.25, 0.3) is 0 Å². The Labute approximate surface area is 210 Å². The van der Waals surface area contributed by atoms with Gasteiger partial charge in [-0.25, -0.2) is 19.5 Å². The molecule has 0 aliphatic carbocycles. The lowest BCUT2D eigenvalue weighted by Gasteiger charge is -2.31. The number of nitrogens with one attached hydrogen (secondary N) is 1. The maximum Gasteiger partial charge on any atom is 0.466 e. The summed E-state index contributed by atoms with van der Waals surface area (Å²) in [7, 11) is -3.47. The van der Waals surface area contributed by atoms with E-state index in [9.17, 15) is 18.0 Å². The average molecular weight is 548 g/mol. The molecule has 2 aliphatic heterocycles. The summed E-state index contributed by atoms with van der Waals surface area (Å²) in [5, 5.41) is 3.42. The zero-order valence-electron chi connectivity index (χ0n) is 20.1. The number of amides is 1. The number of ether oxygens (including phenoxy) is 1. The number of phosphoric acid groups is 1. The van der Waals surface area contributed by atoms with Crippen LogP contribution in [0.15, 0.2) is 18.6 Å². The van der Waals surface area contributed by atoms with Crippen LogP contribution in [-0.2, 0) is 28.5 Å². The van der Waals surface area contributed by atoms with Crippen LogP contribution in [-0.4, -0.2) is 73.2 Å². The first-order valence-electron chi connectivity index (χ1n) is 11.3. The number of methoxy groups -OCH3 is 1. The molecule has 0 saturated carbocycles. The third-order valence-corrected chi connectivity index (χ3v) is 5.89. The van der Waals surface area contributed by atoms with Gasteiger partial charge in [0.05, 0.1) is 24.7 Å². The van der Waals surface area contributed by atoms with Gasteiger partial charge in [-0.15, -0.1) is 0 Å². The van der Waals surface area contributed by atoms with Crippen molar-refractivity contribution < 1.29 is 41.9 Å². The van der Waals surface area contributed by atoms with Gasteiger partial charge < -0.3 is 34.5 Å². The Balaban J connectivity index is 0.000000695. The fourth-order valence-corrected chi connectivity index (χ4v) is 4.19. The van der Waals surface area contributed by atoms with Gasteiger partial charge in [-0.2, -0.15) is 13.2 Å². The molecule has 1 unspecified atom stereocenters. The molecule has 0 aromatic carbocycles. The first kappa shape index (κ1) is 28.6. The highest BCUT2D eigenvalue weighted by Crippen LogP contribution is 2.38. The van der Waals surface area contributed by atoms with Crippen LogP contribution in [0.1, 0.15) is 36.6 Å². The number of likely N-dealkylation sites (tertiary alicyclic amines) is 1. The summed E-state index contributed by atoms with van der Waals surface area (Å²) in [6, 6.07) is 1.14. The largest absolute Gasteiger partial charge is 0.481 e. The number of hydrogen-bond acceptors (Lipinski definition) is 8. The molecule has 1 saturated heterocycles. The predicted molar refractivity (Wildman–Crippen MR) is 126 cm³/mol. The summed E-state index contributed by atoms with van der Waals surface area (Å²) in [5.41, 5.74) is 1.18. The van der Waals surface area contributed by atoms with E-state index in [1.807, 2.05) is 16.7 Å². The molecule has 1 amide bonds. The van der Waals surface area contributed by atoms with Crippen molar-refractivity contribution in [2.75, 3.05) is 37.0 Å². The van der Waals surface area contributed by atoms with E-state index >= 15 is 0 Å². The van der Waals surface area contributed by atoms with E-state index < -0.39 is 25.4 Å². The number of carbonyl (C=O) groups excluding carboxylic acids is 1. The Bertz CT molecular complexity index is 1160. The van der Waals surface area contributed by atoms with Gasteiger partial charge in [0.15, 0.2) is 0 Å². The predicted octanol–water partition coefficient (Wildman–Crippen LogP) is 1.96. The second-order valence-corrected chi connectivity index (χ2v) is 9.43. The minimum absolute atomic E-state index is 0.0689. The third-order valence-electron chi connectivity index (χ3n) is 5.89. The SMILES string of the molecule is CCC(=O)N1CCC(Nc2ncnc3c2CN(c2cnc(OC)c(C(F)(F)F)c2)CC3)C1.O=P(O)(O)O. The quantitative estimate of drug-likeness (QED) is 0.404. The molecule has 0 radical (unpaired) electrons. The van der Waals surface area contributed by atoms with Crippen LogP contribution < -0.4 is 15.0 Å². The number of nitrogens with zero attached hydrogens (tertiary/aromatic N) is 5. The number of anilines is 2. The molecule has 4 rings (SSSR count). The molecule has 1 atom stereocenters. The Morgan fingerprint density at radius 1 is 1.24 bits per heavy atom. The Hall–Kier alpha value is -3.00. The number of rotatable bonds is 5. The molecule has 4 N–H and O–H groups in total. The van der Waals surface area contributed by atoms with Crippen LogP contribution in [0, 0.1) is 0 Å².